The van der Waals surface area contributed by atoms with Gasteiger partial charge >= 0.3 is 0 Å². The van der Waals surface area contributed by atoms with Crippen molar-refractivity contribution in [2.24, 2.45) is 4.99 Å². The lowest BCUT2D eigenvalue weighted by atomic mass is 10.1. The Kier molecular flexibility index (Phi) is 5.75. The summed E-state index contributed by atoms with van der Waals surface area (Å²) in [5, 5.41) is 2.76. The molecule has 7 heteroatoms. The van der Waals surface area contributed by atoms with Crippen LogP contribution in [-0.4, -0.2) is 55.8 Å². The Morgan fingerprint density at radius 1 is 1.38 bits per heavy atom. The minimum absolute atomic E-state index is 0.0129. The van der Waals surface area contributed by atoms with E-state index in [0.29, 0.717) is 48.7 Å². The Balaban J connectivity index is 1.73. The Morgan fingerprint density at radius 3 is 3.00 bits per heavy atom. The Morgan fingerprint density at radius 2 is 2.23 bits per heavy atom. The van der Waals surface area contributed by atoms with E-state index in [1.807, 2.05) is 18.0 Å². The lowest BCUT2D eigenvalue weighted by molar-refractivity contribution is -0.121. The molecule has 2 aliphatic rings. The van der Waals surface area contributed by atoms with E-state index < -0.39 is 0 Å². The minimum Gasteiger partial charge on any atom is -0.493 e. The van der Waals surface area contributed by atoms with Crippen LogP contribution >= 0.6 is 0 Å². The highest BCUT2D eigenvalue weighted by Crippen LogP contribution is 2.38. The van der Waals surface area contributed by atoms with Crippen LogP contribution in [0.4, 0.5) is 5.69 Å². The van der Waals surface area contributed by atoms with Crippen LogP contribution in [0.5, 0.6) is 11.5 Å². The summed E-state index contributed by atoms with van der Waals surface area (Å²) in [7, 11) is 1.55. The molecule has 1 aromatic rings. The first-order valence-corrected chi connectivity index (χ1v) is 9.10. The molecular formula is C19H25N3O4. The fourth-order valence-corrected chi connectivity index (χ4v) is 3.32. The standard InChI is InChI=1S/C19H25N3O4/c1-3-20-18(23)7-5-9-26-17-11-15-14(10-16(17)25-2)19(24)22-8-4-6-13(22)12-21-15/h10-13H,3-9H2,1-2H3,(H,20,23)/t13-/m0/s1. The van der Waals surface area contributed by atoms with Gasteiger partial charge in [0.2, 0.25) is 5.91 Å². The molecule has 1 atom stereocenters. The number of hydrogen-bond acceptors (Lipinski definition) is 5. The molecule has 140 valence electrons. The largest absolute Gasteiger partial charge is 0.493 e. The molecule has 1 fully saturated rings. The average Bonchev–Trinajstić information content (AvgIpc) is 3.07. The second-order valence-electron chi connectivity index (χ2n) is 6.41. The normalized spacial score (nSPS) is 18.2. The third-order valence-corrected chi connectivity index (χ3v) is 4.64. The molecule has 0 bridgehead atoms. The Labute approximate surface area is 153 Å². The molecule has 2 amide bonds. The van der Waals surface area contributed by atoms with E-state index in [4.69, 9.17) is 9.47 Å². The number of rotatable bonds is 7. The lowest BCUT2D eigenvalue weighted by Crippen LogP contribution is -2.35. The second kappa shape index (κ2) is 8.21. The van der Waals surface area contributed by atoms with Crippen LogP contribution in [0.25, 0.3) is 0 Å². The van der Waals surface area contributed by atoms with Gasteiger partial charge in [-0.1, -0.05) is 0 Å². The number of amides is 2. The zero-order valence-electron chi connectivity index (χ0n) is 15.3. The predicted octanol–water partition coefficient (Wildman–Crippen LogP) is 2.31. The summed E-state index contributed by atoms with van der Waals surface area (Å²) in [6.07, 6.45) is 4.81. The molecule has 0 aliphatic carbocycles. The van der Waals surface area contributed by atoms with Gasteiger partial charge in [-0.25, -0.2) is 0 Å². The molecule has 0 spiro atoms. The summed E-state index contributed by atoms with van der Waals surface area (Å²) in [5.74, 6) is 1.04. The molecule has 1 N–H and O–H groups in total. The van der Waals surface area contributed by atoms with Crippen molar-refractivity contribution in [3.8, 4) is 11.5 Å². The summed E-state index contributed by atoms with van der Waals surface area (Å²) >= 11 is 0. The fraction of sp³-hybridized carbons (Fsp3) is 0.526. The summed E-state index contributed by atoms with van der Waals surface area (Å²) < 4.78 is 11.2. The van der Waals surface area contributed by atoms with Gasteiger partial charge in [-0.3, -0.25) is 14.6 Å². The molecule has 0 aromatic heterocycles. The molecule has 0 radical (unpaired) electrons. The zero-order valence-corrected chi connectivity index (χ0v) is 15.3. The number of carbonyl (C=O) groups excluding carboxylic acids is 2. The van der Waals surface area contributed by atoms with Gasteiger partial charge in [-0.15, -0.1) is 0 Å². The molecule has 0 unspecified atom stereocenters. The third kappa shape index (κ3) is 3.81. The second-order valence-corrected chi connectivity index (χ2v) is 6.41. The number of benzene rings is 1. The van der Waals surface area contributed by atoms with Gasteiger partial charge in [-0.05, 0) is 32.3 Å². The van der Waals surface area contributed by atoms with E-state index in [1.54, 1.807) is 19.2 Å². The smallest absolute Gasteiger partial charge is 0.256 e. The topological polar surface area (TPSA) is 80.2 Å². The number of methoxy groups -OCH3 is 1. The molecule has 1 aromatic carbocycles. The van der Waals surface area contributed by atoms with Crippen molar-refractivity contribution in [2.45, 2.75) is 38.6 Å². The maximum absolute atomic E-state index is 12.8. The monoisotopic (exact) mass is 359 g/mol. The molecular weight excluding hydrogens is 334 g/mol. The summed E-state index contributed by atoms with van der Waals surface area (Å²) in [6, 6.07) is 3.52. The predicted molar refractivity (Wildman–Crippen MR) is 98.6 cm³/mol. The van der Waals surface area contributed by atoms with Crippen LogP contribution in [0.15, 0.2) is 17.1 Å². The average molecular weight is 359 g/mol. The molecule has 1 saturated heterocycles. The first-order valence-electron chi connectivity index (χ1n) is 9.10. The first-order chi connectivity index (χ1) is 12.6. The number of nitrogens with zero attached hydrogens (tertiary/aromatic N) is 2. The van der Waals surface area contributed by atoms with Crippen molar-refractivity contribution in [3.63, 3.8) is 0 Å². The maximum atomic E-state index is 12.8. The number of ether oxygens (including phenoxy) is 2. The van der Waals surface area contributed by atoms with Crippen molar-refractivity contribution < 1.29 is 19.1 Å². The van der Waals surface area contributed by atoms with Crippen LogP contribution in [0.3, 0.4) is 0 Å². The van der Waals surface area contributed by atoms with E-state index in [0.717, 1.165) is 19.4 Å². The summed E-state index contributed by atoms with van der Waals surface area (Å²) in [6.45, 7) is 3.66. The third-order valence-electron chi connectivity index (χ3n) is 4.64. The SMILES string of the molecule is CCNC(=O)CCCOc1cc2c(cc1OC)C(=O)N1CCC[C@H]1C=N2. The van der Waals surface area contributed by atoms with Crippen LogP contribution in [0.1, 0.15) is 43.0 Å². The van der Waals surface area contributed by atoms with Crippen molar-refractivity contribution in [2.75, 3.05) is 26.8 Å². The molecule has 26 heavy (non-hydrogen) atoms. The van der Waals surface area contributed by atoms with Crippen molar-refractivity contribution in [3.05, 3.63) is 17.7 Å². The van der Waals surface area contributed by atoms with Gasteiger partial charge in [0.05, 0.1) is 31.0 Å². The summed E-state index contributed by atoms with van der Waals surface area (Å²) in [4.78, 5) is 30.7. The zero-order chi connectivity index (χ0) is 18.5. The van der Waals surface area contributed by atoms with Gasteiger partial charge in [0, 0.05) is 31.8 Å². The number of nitrogens with one attached hydrogen (secondary N) is 1. The number of hydrogen-bond donors (Lipinski definition) is 1. The highest BCUT2D eigenvalue weighted by molar-refractivity contribution is 6.03. The van der Waals surface area contributed by atoms with Crippen molar-refractivity contribution >= 4 is 23.7 Å². The molecule has 7 nitrogen and oxygen atoms in total. The van der Waals surface area contributed by atoms with E-state index in [9.17, 15) is 9.59 Å². The number of fused-ring (bicyclic) bond motifs is 2. The fourth-order valence-electron chi connectivity index (χ4n) is 3.32. The van der Waals surface area contributed by atoms with Gasteiger partial charge in [-0.2, -0.15) is 0 Å². The quantitative estimate of drug-likeness (QED) is 0.758. The van der Waals surface area contributed by atoms with Gasteiger partial charge in [0.15, 0.2) is 11.5 Å². The molecule has 3 rings (SSSR count). The minimum atomic E-state index is -0.0129. The Bertz CT molecular complexity index is 717. The van der Waals surface area contributed by atoms with Gasteiger partial charge in [0.1, 0.15) is 0 Å². The maximum Gasteiger partial charge on any atom is 0.256 e. The summed E-state index contributed by atoms with van der Waals surface area (Å²) in [5.41, 5.74) is 1.14. The highest BCUT2D eigenvalue weighted by Gasteiger charge is 2.32. The lowest BCUT2D eigenvalue weighted by Gasteiger charge is -2.20. The van der Waals surface area contributed by atoms with E-state index in [1.165, 1.54) is 0 Å². The molecule has 2 heterocycles. The number of carbonyl (C=O) groups is 2. The van der Waals surface area contributed by atoms with Crippen molar-refractivity contribution in [1.29, 1.82) is 0 Å². The van der Waals surface area contributed by atoms with E-state index in [-0.39, 0.29) is 17.9 Å². The van der Waals surface area contributed by atoms with Gasteiger partial charge < -0.3 is 19.7 Å². The van der Waals surface area contributed by atoms with Crippen LogP contribution in [0.2, 0.25) is 0 Å². The van der Waals surface area contributed by atoms with Crippen molar-refractivity contribution in [1.82, 2.24) is 10.2 Å². The van der Waals surface area contributed by atoms with E-state index >= 15 is 0 Å². The molecule has 0 saturated carbocycles. The van der Waals surface area contributed by atoms with E-state index in [2.05, 4.69) is 10.3 Å². The Hall–Kier alpha value is -2.57. The first kappa shape index (κ1) is 18.2. The van der Waals surface area contributed by atoms with Crippen LogP contribution in [-0.2, 0) is 4.79 Å². The van der Waals surface area contributed by atoms with Crippen LogP contribution in [0, 0.1) is 0 Å². The molecule has 2 aliphatic heterocycles. The highest BCUT2D eigenvalue weighted by atomic mass is 16.5. The van der Waals surface area contributed by atoms with Crippen LogP contribution < -0.4 is 14.8 Å². The van der Waals surface area contributed by atoms with Gasteiger partial charge in [0.25, 0.3) is 5.91 Å². The number of aliphatic imine (C=N–C) groups is 1.